The molecule has 1 unspecified atom stereocenters. The summed E-state index contributed by atoms with van der Waals surface area (Å²) in [5.74, 6) is -1.05. The summed E-state index contributed by atoms with van der Waals surface area (Å²) in [5.41, 5.74) is 1.87. The zero-order valence-corrected chi connectivity index (χ0v) is 20.3. The number of Topliss-reactive ketones (excluding diaryl/α,β-unsaturated/α-hetero) is 1. The first-order valence-electron chi connectivity index (χ1n) is 11.4. The number of benzene rings is 2. The number of carbonyl (C=O) groups excluding carboxylic acids is 3. The van der Waals surface area contributed by atoms with E-state index in [1.165, 1.54) is 11.8 Å². The van der Waals surface area contributed by atoms with Crippen LogP contribution in [-0.2, 0) is 14.4 Å². The van der Waals surface area contributed by atoms with Crippen molar-refractivity contribution >= 4 is 29.1 Å². The predicted molar refractivity (Wildman–Crippen MR) is 131 cm³/mol. The lowest BCUT2D eigenvalue weighted by atomic mass is 9.95. The quantitative estimate of drug-likeness (QED) is 0.222. The van der Waals surface area contributed by atoms with E-state index in [4.69, 9.17) is 9.47 Å². The summed E-state index contributed by atoms with van der Waals surface area (Å²) in [6.45, 7) is 3.41. The van der Waals surface area contributed by atoms with E-state index >= 15 is 0 Å². The average Bonchev–Trinajstić information content (AvgIpc) is 3.07. The van der Waals surface area contributed by atoms with Gasteiger partial charge in [0.1, 0.15) is 23.9 Å². The number of likely N-dealkylation sites (N-methyl/N-ethyl adjacent to an activating group) is 2. The first-order valence-corrected chi connectivity index (χ1v) is 11.4. The number of rotatable bonds is 6. The number of ether oxygens (including phenoxy) is 2. The van der Waals surface area contributed by atoms with E-state index in [1.54, 1.807) is 42.5 Å². The highest BCUT2D eigenvalue weighted by Crippen LogP contribution is 2.41. The van der Waals surface area contributed by atoms with Gasteiger partial charge in [-0.1, -0.05) is 12.1 Å². The van der Waals surface area contributed by atoms with Crippen LogP contribution in [0, 0.1) is 0 Å². The average molecular weight is 480 g/mol. The second kappa shape index (κ2) is 9.79. The lowest BCUT2D eigenvalue weighted by Gasteiger charge is -2.28. The molecule has 184 valence electrons. The van der Waals surface area contributed by atoms with Crippen LogP contribution in [0.2, 0.25) is 0 Å². The Hall–Kier alpha value is -3.85. The Bertz CT molecular complexity index is 1190. The van der Waals surface area contributed by atoms with Gasteiger partial charge in [-0.2, -0.15) is 0 Å². The minimum atomic E-state index is -0.786. The molecule has 0 radical (unpaired) electrons. The molecule has 35 heavy (non-hydrogen) atoms. The number of nitrogens with zero attached hydrogens (tertiary/aromatic N) is 3. The Kier molecular flexibility index (Phi) is 6.79. The van der Waals surface area contributed by atoms with Gasteiger partial charge in [-0.3, -0.25) is 14.4 Å². The number of hydrogen-bond acceptors (Lipinski definition) is 8. The Morgan fingerprint density at radius 2 is 1.89 bits per heavy atom. The van der Waals surface area contributed by atoms with Crippen molar-refractivity contribution in [3.05, 3.63) is 59.2 Å². The molecule has 1 atom stereocenters. The van der Waals surface area contributed by atoms with Crippen molar-refractivity contribution < 1.29 is 29.0 Å². The van der Waals surface area contributed by atoms with E-state index in [1.807, 2.05) is 30.9 Å². The number of esters is 1. The first-order chi connectivity index (χ1) is 16.7. The van der Waals surface area contributed by atoms with Gasteiger partial charge < -0.3 is 29.3 Å². The molecule has 2 heterocycles. The fourth-order valence-electron chi connectivity index (χ4n) is 4.30. The molecule has 4 rings (SSSR count). The maximum Gasteiger partial charge on any atom is 0.308 e. The smallest absolute Gasteiger partial charge is 0.308 e. The van der Waals surface area contributed by atoms with Crippen LogP contribution in [0.15, 0.2) is 48.0 Å². The Morgan fingerprint density at radius 3 is 2.54 bits per heavy atom. The van der Waals surface area contributed by atoms with Crippen LogP contribution in [0.1, 0.15) is 24.1 Å². The van der Waals surface area contributed by atoms with Gasteiger partial charge in [0.2, 0.25) is 0 Å². The SMILES string of the molecule is CC(=O)Oc1ccc(C2/C(=C(/O)c3ccc4c(c3)N(C)CCO4)C(=O)C(=O)N2CCN(C)C)cc1. The molecule has 0 bridgehead atoms. The van der Waals surface area contributed by atoms with E-state index in [9.17, 15) is 19.5 Å². The number of amides is 1. The highest BCUT2D eigenvalue weighted by molar-refractivity contribution is 6.46. The largest absolute Gasteiger partial charge is 0.507 e. The number of aliphatic hydroxyl groups excluding tert-OH is 1. The van der Waals surface area contributed by atoms with Crippen molar-refractivity contribution in [2.75, 3.05) is 52.3 Å². The topological polar surface area (TPSA) is 99.6 Å². The molecule has 2 aliphatic heterocycles. The van der Waals surface area contributed by atoms with Crippen molar-refractivity contribution in [3.63, 3.8) is 0 Å². The molecule has 9 heteroatoms. The predicted octanol–water partition coefficient (Wildman–Crippen LogP) is 2.42. The third-order valence-electron chi connectivity index (χ3n) is 6.11. The Labute approximate surface area is 204 Å². The summed E-state index contributed by atoms with van der Waals surface area (Å²) in [7, 11) is 5.69. The Morgan fingerprint density at radius 1 is 1.17 bits per heavy atom. The normalized spacial score (nSPS) is 19.1. The summed E-state index contributed by atoms with van der Waals surface area (Å²) >= 11 is 0. The monoisotopic (exact) mass is 479 g/mol. The Balaban J connectivity index is 1.80. The van der Waals surface area contributed by atoms with Gasteiger partial charge in [0, 0.05) is 32.6 Å². The number of anilines is 1. The van der Waals surface area contributed by atoms with Crippen LogP contribution in [0.5, 0.6) is 11.5 Å². The minimum Gasteiger partial charge on any atom is -0.507 e. The van der Waals surface area contributed by atoms with E-state index in [0.717, 1.165) is 5.69 Å². The van der Waals surface area contributed by atoms with Crippen molar-refractivity contribution in [2.24, 2.45) is 0 Å². The van der Waals surface area contributed by atoms with Gasteiger partial charge in [-0.15, -0.1) is 0 Å². The van der Waals surface area contributed by atoms with Crippen molar-refractivity contribution in [2.45, 2.75) is 13.0 Å². The minimum absolute atomic E-state index is 0.0216. The standard InChI is InChI=1S/C26H29N3O6/c1-16(30)35-19-8-5-17(6-9-19)23-22(25(32)26(33)29(23)12-11-27(2)3)24(31)18-7-10-21-20(15-18)28(4)13-14-34-21/h5-10,15,23,31H,11-14H2,1-4H3/b24-22-. The fraction of sp³-hybridized carbons (Fsp3) is 0.346. The number of likely N-dealkylation sites (tertiary alicyclic amines) is 1. The summed E-state index contributed by atoms with van der Waals surface area (Å²) < 4.78 is 10.8. The first kappa shape index (κ1) is 24.3. The molecule has 1 saturated heterocycles. The summed E-state index contributed by atoms with van der Waals surface area (Å²) in [6.07, 6.45) is 0. The maximum absolute atomic E-state index is 13.2. The molecule has 0 aromatic heterocycles. The van der Waals surface area contributed by atoms with Gasteiger partial charge in [-0.25, -0.2) is 0 Å². The van der Waals surface area contributed by atoms with Crippen LogP contribution in [-0.4, -0.2) is 80.0 Å². The molecule has 2 aromatic carbocycles. The van der Waals surface area contributed by atoms with Gasteiger partial charge in [-0.05, 0) is 50.0 Å². The molecule has 2 aromatic rings. The molecule has 9 nitrogen and oxygen atoms in total. The lowest BCUT2D eigenvalue weighted by Crippen LogP contribution is -2.35. The van der Waals surface area contributed by atoms with Gasteiger partial charge >= 0.3 is 5.97 Å². The van der Waals surface area contributed by atoms with Crippen LogP contribution in [0.25, 0.3) is 5.76 Å². The third-order valence-corrected chi connectivity index (χ3v) is 6.11. The van der Waals surface area contributed by atoms with Gasteiger partial charge in [0.05, 0.1) is 23.8 Å². The van der Waals surface area contributed by atoms with Crippen LogP contribution in [0.4, 0.5) is 5.69 Å². The molecular formula is C26H29N3O6. The fourth-order valence-corrected chi connectivity index (χ4v) is 4.30. The van der Waals surface area contributed by atoms with Crippen LogP contribution >= 0.6 is 0 Å². The number of hydrogen-bond donors (Lipinski definition) is 1. The van der Waals surface area contributed by atoms with Crippen molar-refractivity contribution in [1.29, 1.82) is 0 Å². The second-order valence-electron chi connectivity index (χ2n) is 8.91. The second-order valence-corrected chi connectivity index (χ2v) is 8.91. The number of ketones is 1. The molecular weight excluding hydrogens is 450 g/mol. The summed E-state index contributed by atoms with van der Waals surface area (Å²) in [5, 5.41) is 11.3. The lowest BCUT2D eigenvalue weighted by molar-refractivity contribution is -0.140. The summed E-state index contributed by atoms with van der Waals surface area (Å²) in [6, 6.07) is 11.0. The van der Waals surface area contributed by atoms with E-state index in [0.29, 0.717) is 48.9 Å². The molecule has 0 spiro atoms. The van der Waals surface area contributed by atoms with E-state index in [2.05, 4.69) is 0 Å². The highest BCUT2D eigenvalue weighted by Gasteiger charge is 2.46. The number of aliphatic hydroxyl groups is 1. The number of fused-ring (bicyclic) bond motifs is 1. The molecule has 0 aliphatic carbocycles. The zero-order chi connectivity index (χ0) is 25.3. The summed E-state index contributed by atoms with van der Waals surface area (Å²) in [4.78, 5) is 42.9. The van der Waals surface area contributed by atoms with Crippen molar-refractivity contribution in [3.8, 4) is 11.5 Å². The molecule has 1 N–H and O–H groups in total. The van der Waals surface area contributed by atoms with Crippen LogP contribution < -0.4 is 14.4 Å². The molecule has 0 saturated carbocycles. The number of carbonyl (C=O) groups is 3. The van der Waals surface area contributed by atoms with Gasteiger partial charge in [0.25, 0.3) is 11.7 Å². The molecule has 1 fully saturated rings. The van der Waals surface area contributed by atoms with Crippen molar-refractivity contribution in [1.82, 2.24) is 9.80 Å². The molecule has 2 aliphatic rings. The maximum atomic E-state index is 13.2. The zero-order valence-electron chi connectivity index (χ0n) is 20.3. The molecule has 1 amide bonds. The third kappa shape index (κ3) is 4.85. The van der Waals surface area contributed by atoms with E-state index < -0.39 is 23.7 Å². The highest BCUT2D eigenvalue weighted by atomic mass is 16.5. The van der Waals surface area contributed by atoms with Gasteiger partial charge in [0.15, 0.2) is 0 Å². The van der Waals surface area contributed by atoms with Crippen LogP contribution in [0.3, 0.4) is 0 Å². The van der Waals surface area contributed by atoms with E-state index in [-0.39, 0.29) is 11.3 Å².